The Balaban J connectivity index is 2.52. The van der Waals surface area contributed by atoms with E-state index in [4.69, 9.17) is 23.2 Å². The van der Waals surface area contributed by atoms with Gasteiger partial charge in [-0.3, -0.25) is 4.79 Å². The Morgan fingerprint density at radius 3 is 2.50 bits per heavy atom. The van der Waals surface area contributed by atoms with Crippen molar-refractivity contribution in [3.05, 3.63) is 47.2 Å². The van der Waals surface area contributed by atoms with E-state index in [0.717, 1.165) is 5.56 Å². The van der Waals surface area contributed by atoms with Gasteiger partial charge in [-0.05, 0) is 11.6 Å². The van der Waals surface area contributed by atoms with Crippen molar-refractivity contribution in [3.8, 4) is 11.4 Å². The van der Waals surface area contributed by atoms with E-state index in [-0.39, 0.29) is 10.7 Å². The molecule has 1 aromatic carbocycles. The van der Waals surface area contributed by atoms with Gasteiger partial charge >= 0.3 is 0 Å². The maximum atomic E-state index is 11.0. The van der Waals surface area contributed by atoms with Gasteiger partial charge in [-0.1, -0.05) is 41.9 Å². The molecule has 0 atom stereocenters. The van der Waals surface area contributed by atoms with Crippen LogP contribution in [0.4, 0.5) is 0 Å². The lowest BCUT2D eigenvalue weighted by atomic mass is 10.2. The first-order valence-electron chi connectivity index (χ1n) is 4.46. The van der Waals surface area contributed by atoms with Gasteiger partial charge in [-0.25, -0.2) is 9.97 Å². The number of hydrogen-bond donors (Lipinski definition) is 0. The molecule has 80 valence electrons. The average molecular weight is 253 g/mol. The van der Waals surface area contributed by atoms with E-state index < -0.39 is 5.24 Å². The summed E-state index contributed by atoms with van der Waals surface area (Å²) in [5.74, 6) is 0.425. The van der Waals surface area contributed by atoms with Crippen LogP contribution < -0.4 is 0 Å². The number of halogens is 2. The molecular formula is C11H6Cl2N2O. The van der Waals surface area contributed by atoms with E-state index in [1.807, 2.05) is 30.3 Å². The fraction of sp³-hybridized carbons (Fsp3) is 0. The number of rotatable bonds is 2. The number of nitrogens with zero attached hydrogens (tertiary/aromatic N) is 2. The summed E-state index contributed by atoms with van der Waals surface area (Å²) in [5.41, 5.74) is 0.829. The van der Waals surface area contributed by atoms with Gasteiger partial charge in [-0.2, -0.15) is 0 Å². The number of benzene rings is 1. The third-order valence-corrected chi connectivity index (χ3v) is 2.42. The Morgan fingerprint density at radius 2 is 1.88 bits per heavy atom. The normalized spacial score (nSPS) is 10.1. The molecule has 0 aliphatic rings. The van der Waals surface area contributed by atoms with Crippen LogP contribution in [0.1, 0.15) is 10.5 Å². The summed E-state index contributed by atoms with van der Waals surface area (Å²) in [6.07, 6.45) is 1.37. The molecule has 0 aliphatic heterocycles. The lowest BCUT2D eigenvalue weighted by molar-refractivity contribution is 0.107. The zero-order chi connectivity index (χ0) is 11.5. The SMILES string of the molecule is O=C(Cl)c1nc(-c2ccccc2)ncc1Cl. The van der Waals surface area contributed by atoms with Crippen molar-refractivity contribution in [2.24, 2.45) is 0 Å². The lowest BCUT2D eigenvalue weighted by Crippen LogP contribution is -1.99. The highest BCUT2D eigenvalue weighted by Gasteiger charge is 2.12. The van der Waals surface area contributed by atoms with E-state index >= 15 is 0 Å². The molecule has 2 aromatic rings. The van der Waals surface area contributed by atoms with Crippen molar-refractivity contribution < 1.29 is 4.79 Å². The largest absolute Gasteiger partial charge is 0.274 e. The van der Waals surface area contributed by atoms with E-state index in [1.165, 1.54) is 6.20 Å². The average Bonchev–Trinajstić information content (AvgIpc) is 2.30. The van der Waals surface area contributed by atoms with Crippen molar-refractivity contribution in [2.45, 2.75) is 0 Å². The van der Waals surface area contributed by atoms with Gasteiger partial charge in [0.05, 0.1) is 11.2 Å². The highest BCUT2D eigenvalue weighted by atomic mass is 35.5. The summed E-state index contributed by atoms with van der Waals surface area (Å²) in [6, 6.07) is 9.27. The van der Waals surface area contributed by atoms with Crippen LogP contribution in [0.2, 0.25) is 5.02 Å². The van der Waals surface area contributed by atoms with Crippen LogP contribution in [-0.2, 0) is 0 Å². The van der Waals surface area contributed by atoms with Crippen molar-refractivity contribution in [1.82, 2.24) is 9.97 Å². The molecule has 1 heterocycles. The van der Waals surface area contributed by atoms with E-state index in [9.17, 15) is 4.79 Å². The predicted octanol–water partition coefficient (Wildman–Crippen LogP) is 3.18. The van der Waals surface area contributed by atoms with E-state index in [2.05, 4.69) is 9.97 Å². The molecule has 0 unspecified atom stereocenters. The third-order valence-electron chi connectivity index (χ3n) is 1.96. The number of aromatic nitrogens is 2. The molecular weight excluding hydrogens is 247 g/mol. The van der Waals surface area contributed by atoms with Gasteiger partial charge in [0, 0.05) is 5.56 Å². The molecule has 0 saturated carbocycles. The van der Waals surface area contributed by atoms with Crippen molar-refractivity contribution in [2.75, 3.05) is 0 Å². The summed E-state index contributed by atoms with van der Waals surface area (Å²) in [4.78, 5) is 19.1. The first kappa shape index (κ1) is 11.0. The molecule has 0 fully saturated rings. The fourth-order valence-corrected chi connectivity index (χ4v) is 1.60. The standard InChI is InChI=1S/C11H6Cl2N2O/c12-8-6-14-11(15-9(8)10(13)16)7-4-2-1-3-5-7/h1-6H. The van der Waals surface area contributed by atoms with Crippen molar-refractivity contribution in [1.29, 1.82) is 0 Å². The highest BCUT2D eigenvalue weighted by molar-refractivity contribution is 6.68. The monoisotopic (exact) mass is 252 g/mol. The Bertz CT molecular complexity index is 529. The number of hydrogen-bond acceptors (Lipinski definition) is 3. The summed E-state index contributed by atoms with van der Waals surface area (Å²) in [7, 11) is 0. The molecule has 16 heavy (non-hydrogen) atoms. The second kappa shape index (κ2) is 4.60. The maximum absolute atomic E-state index is 11.0. The Kier molecular flexibility index (Phi) is 3.17. The minimum absolute atomic E-state index is 0.0252. The summed E-state index contributed by atoms with van der Waals surface area (Å²) < 4.78 is 0. The second-order valence-corrected chi connectivity index (χ2v) is 3.78. The van der Waals surface area contributed by atoms with E-state index in [0.29, 0.717) is 5.82 Å². The predicted molar refractivity (Wildman–Crippen MR) is 62.7 cm³/mol. The van der Waals surface area contributed by atoms with Crippen LogP contribution in [0.25, 0.3) is 11.4 Å². The molecule has 2 rings (SSSR count). The maximum Gasteiger partial charge on any atom is 0.272 e. The molecule has 0 aliphatic carbocycles. The molecule has 0 radical (unpaired) electrons. The Morgan fingerprint density at radius 1 is 1.19 bits per heavy atom. The van der Waals surface area contributed by atoms with Crippen LogP contribution in [-0.4, -0.2) is 15.2 Å². The number of carbonyl (C=O) groups excluding carboxylic acids is 1. The van der Waals surface area contributed by atoms with Gasteiger partial charge in [0.25, 0.3) is 5.24 Å². The molecule has 0 N–H and O–H groups in total. The molecule has 0 amide bonds. The summed E-state index contributed by atoms with van der Waals surface area (Å²) in [5, 5.41) is -0.538. The van der Waals surface area contributed by atoms with E-state index in [1.54, 1.807) is 0 Å². The zero-order valence-corrected chi connectivity index (χ0v) is 9.53. The Hall–Kier alpha value is -1.45. The van der Waals surface area contributed by atoms with Crippen LogP contribution >= 0.6 is 23.2 Å². The molecule has 0 spiro atoms. The molecule has 0 saturated heterocycles. The molecule has 3 nitrogen and oxygen atoms in total. The van der Waals surface area contributed by atoms with Gasteiger partial charge in [0.2, 0.25) is 0 Å². The van der Waals surface area contributed by atoms with Crippen LogP contribution in [0, 0.1) is 0 Å². The number of carbonyl (C=O) groups is 1. The van der Waals surface area contributed by atoms with Gasteiger partial charge in [0.15, 0.2) is 5.82 Å². The lowest BCUT2D eigenvalue weighted by Gasteiger charge is -2.02. The quantitative estimate of drug-likeness (QED) is 0.772. The highest BCUT2D eigenvalue weighted by Crippen LogP contribution is 2.19. The Labute approximate surface area is 102 Å². The van der Waals surface area contributed by atoms with Gasteiger partial charge in [-0.15, -0.1) is 0 Å². The topological polar surface area (TPSA) is 42.9 Å². The summed E-state index contributed by atoms with van der Waals surface area (Å²) in [6.45, 7) is 0. The third kappa shape index (κ3) is 2.21. The van der Waals surface area contributed by atoms with Crippen LogP contribution in [0.5, 0.6) is 0 Å². The van der Waals surface area contributed by atoms with Crippen molar-refractivity contribution >= 4 is 28.4 Å². The van der Waals surface area contributed by atoms with Crippen molar-refractivity contribution in [3.63, 3.8) is 0 Å². The molecule has 5 heteroatoms. The molecule has 1 aromatic heterocycles. The first-order chi connectivity index (χ1) is 7.68. The second-order valence-electron chi connectivity index (χ2n) is 3.03. The minimum atomic E-state index is -0.690. The van der Waals surface area contributed by atoms with Crippen LogP contribution in [0.15, 0.2) is 36.5 Å². The first-order valence-corrected chi connectivity index (χ1v) is 5.22. The smallest absolute Gasteiger partial charge is 0.272 e. The zero-order valence-electron chi connectivity index (χ0n) is 8.02. The van der Waals surface area contributed by atoms with Gasteiger partial charge < -0.3 is 0 Å². The molecule has 0 bridgehead atoms. The van der Waals surface area contributed by atoms with Crippen LogP contribution in [0.3, 0.4) is 0 Å². The minimum Gasteiger partial charge on any atom is -0.274 e. The fourth-order valence-electron chi connectivity index (χ4n) is 1.23. The van der Waals surface area contributed by atoms with Gasteiger partial charge in [0.1, 0.15) is 5.69 Å². The summed E-state index contributed by atoms with van der Waals surface area (Å²) >= 11 is 11.1.